The average Bonchev–Trinajstić information content (AvgIpc) is 2.35. The summed E-state index contributed by atoms with van der Waals surface area (Å²) in [5, 5.41) is 28.7. The molecular weight excluding hydrogens is 222 g/mol. The van der Waals surface area contributed by atoms with Crippen LogP contribution in [0.5, 0.6) is 0 Å². The van der Waals surface area contributed by atoms with Gasteiger partial charge in [-0.2, -0.15) is 0 Å². The van der Waals surface area contributed by atoms with Gasteiger partial charge in [0.25, 0.3) is 5.69 Å². The summed E-state index contributed by atoms with van der Waals surface area (Å²) < 4.78 is 0. The number of nitrogens with zero attached hydrogens (tertiary/aromatic N) is 1. The van der Waals surface area contributed by atoms with Gasteiger partial charge in [-0.1, -0.05) is 19.1 Å². The molecule has 0 heterocycles. The second-order valence-electron chi connectivity index (χ2n) is 4.03. The Bertz CT molecular complexity index is 363. The number of aliphatic hydroxyl groups is 2. The fraction of sp³-hybridized carbons (Fsp3) is 0.500. The van der Waals surface area contributed by atoms with Crippen LogP contribution >= 0.6 is 0 Å². The summed E-state index contributed by atoms with van der Waals surface area (Å²) in [7, 11) is 0. The van der Waals surface area contributed by atoms with Crippen LogP contribution < -0.4 is 0 Å². The highest BCUT2D eigenvalue weighted by molar-refractivity contribution is 5.34. The molecule has 1 aromatic rings. The molecule has 0 radical (unpaired) electrons. The first-order valence-electron chi connectivity index (χ1n) is 5.61. The SMILES string of the molecule is CCC(CC(O)CO)c1ccc([N+](=O)[O-])cc1. The number of hydrogen-bond acceptors (Lipinski definition) is 4. The van der Waals surface area contributed by atoms with Crippen molar-refractivity contribution in [3.05, 3.63) is 39.9 Å². The molecule has 0 bridgehead atoms. The lowest BCUT2D eigenvalue weighted by Gasteiger charge is -2.17. The van der Waals surface area contributed by atoms with E-state index >= 15 is 0 Å². The van der Waals surface area contributed by atoms with Crippen molar-refractivity contribution in [3.8, 4) is 0 Å². The third-order valence-corrected chi connectivity index (χ3v) is 2.84. The molecule has 0 spiro atoms. The lowest BCUT2D eigenvalue weighted by Crippen LogP contribution is -2.16. The Balaban J connectivity index is 2.78. The molecule has 5 heteroatoms. The molecule has 0 amide bonds. The van der Waals surface area contributed by atoms with Gasteiger partial charge in [0.1, 0.15) is 0 Å². The van der Waals surface area contributed by atoms with E-state index in [-0.39, 0.29) is 18.2 Å². The van der Waals surface area contributed by atoms with E-state index in [1.165, 1.54) is 12.1 Å². The van der Waals surface area contributed by atoms with Crippen LogP contribution in [-0.2, 0) is 0 Å². The summed E-state index contributed by atoms with van der Waals surface area (Å²) in [6.07, 6.45) is 0.537. The molecule has 0 saturated carbocycles. The molecule has 94 valence electrons. The molecule has 2 atom stereocenters. The third-order valence-electron chi connectivity index (χ3n) is 2.84. The number of rotatable bonds is 6. The number of aliphatic hydroxyl groups excluding tert-OH is 2. The van der Waals surface area contributed by atoms with Crippen LogP contribution in [0.4, 0.5) is 5.69 Å². The highest BCUT2D eigenvalue weighted by Gasteiger charge is 2.15. The summed E-state index contributed by atoms with van der Waals surface area (Å²) in [5.41, 5.74) is 1.01. The number of nitro benzene ring substituents is 1. The standard InChI is InChI=1S/C12H17NO4/c1-2-9(7-12(15)8-14)10-3-5-11(6-4-10)13(16)17/h3-6,9,12,14-15H,2,7-8H2,1H3. The fourth-order valence-electron chi connectivity index (χ4n) is 1.81. The largest absolute Gasteiger partial charge is 0.394 e. The van der Waals surface area contributed by atoms with E-state index < -0.39 is 11.0 Å². The molecule has 0 aliphatic heterocycles. The molecule has 2 unspecified atom stereocenters. The first kappa shape index (κ1) is 13.6. The first-order chi connectivity index (χ1) is 8.08. The van der Waals surface area contributed by atoms with Crippen molar-refractivity contribution in [1.29, 1.82) is 0 Å². The van der Waals surface area contributed by atoms with Crippen LogP contribution in [-0.4, -0.2) is 27.8 Å². The van der Waals surface area contributed by atoms with E-state index in [1.54, 1.807) is 12.1 Å². The van der Waals surface area contributed by atoms with E-state index in [2.05, 4.69) is 0 Å². The normalized spacial score (nSPS) is 14.3. The molecule has 0 aliphatic rings. The number of non-ortho nitro benzene ring substituents is 1. The maximum absolute atomic E-state index is 10.5. The first-order valence-corrected chi connectivity index (χ1v) is 5.61. The number of benzene rings is 1. The Labute approximate surface area is 99.9 Å². The smallest absolute Gasteiger partial charge is 0.269 e. The summed E-state index contributed by atoms with van der Waals surface area (Å²) in [4.78, 5) is 10.1. The topological polar surface area (TPSA) is 83.6 Å². The van der Waals surface area contributed by atoms with Crippen LogP contribution in [0.3, 0.4) is 0 Å². The van der Waals surface area contributed by atoms with Gasteiger partial charge >= 0.3 is 0 Å². The van der Waals surface area contributed by atoms with Crippen LogP contribution in [0.1, 0.15) is 31.2 Å². The predicted octanol–water partition coefficient (Wildman–Crippen LogP) is 1.83. The van der Waals surface area contributed by atoms with Gasteiger partial charge in [0.15, 0.2) is 0 Å². The Morgan fingerprint density at radius 3 is 2.35 bits per heavy atom. The molecule has 0 saturated heterocycles. The van der Waals surface area contributed by atoms with Crippen molar-refractivity contribution in [2.24, 2.45) is 0 Å². The van der Waals surface area contributed by atoms with Crippen LogP contribution in [0, 0.1) is 10.1 Å². The van der Waals surface area contributed by atoms with E-state index in [0.29, 0.717) is 6.42 Å². The molecule has 0 aromatic heterocycles. The zero-order valence-electron chi connectivity index (χ0n) is 9.74. The Kier molecular flexibility index (Phi) is 5.06. The minimum Gasteiger partial charge on any atom is -0.394 e. The van der Waals surface area contributed by atoms with Crippen LogP contribution in [0.15, 0.2) is 24.3 Å². The highest BCUT2D eigenvalue weighted by Crippen LogP contribution is 2.26. The molecule has 17 heavy (non-hydrogen) atoms. The minimum atomic E-state index is -0.741. The molecular formula is C12H17NO4. The number of hydrogen-bond donors (Lipinski definition) is 2. The highest BCUT2D eigenvalue weighted by atomic mass is 16.6. The molecule has 5 nitrogen and oxygen atoms in total. The predicted molar refractivity (Wildman–Crippen MR) is 63.8 cm³/mol. The van der Waals surface area contributed by atoms with Crippen molar-refractivity contribution in [3.63, 3.8) is 0 Å². The van der Waals surface area contributed by atoms with Crippen LogP contribution in [0.2, 0.25) is 0 Å². The average molecular weight is 239 g/mol. The van der Waals surface area contributed by atoms with Crippen molar-refractivity contribution >= 4 is 5.69 Å². The van der Waals surface area contributed by atoms with Gasteiger partial charge < -0.3 is 10.2 Å². The van der Waals surface area contributed by atoms with Crippen molar-refractivity contribution in [1.82, 2.24) is 0 Å². The second-order valence-corrected chi connectivity index (χ2v) is 4.03. The molecule has 1 rings (SSSR count). The van der Waals surface area contributed by atoms with Gasteiger partial charge in [-0.25, -0.2) is 0 Å². The number of nitro groups is 1. The van der Waals surface area contributed by atoms with E-state index in [4.69, 9.17) is 5.11 Å². The van der Waals surface area contributed by atoms with Gasteiger partial charge in [-0.15, -0.1) is 0 Å². The zero-order valence-corrected chi connectivity index (χ0v) is 9.74. The summed E-state index contributed by atoms with van der Waals surface area (Å²) in [6.45, 7) is 1.72. The van der Waals surface area contributed by atoms with Crippen molar-refractivity contribution in [2.45, 2.75) is 31.8 Å². The molecule has 1 aromatic carbocycles. The fourth-order valence-corrected chi connectivity index (χ4v) is 1.81. The molecule has 0 aliphatic carbocycles. The lowest BCUT2D eigenvalue weighted by atomic mass is 9.91. The van der Waals surface area contributed by atoms with Crippen LogP contribution in [0.25, 0.3) is 0 Å². The van der Waals surface area contributed by atoms with Gasteiger partial charge in [-0.3, -0.25) is 10.1 Å². The zero-order chi connectivity index (χ0) is 12.8. The second kappa shape index (κ2) is 6.32. The van der Waals surface area contributed by atoms with Crippen molar-refractivity contribution in [2.75, 3.05) is 6.61 Å². The monoisotopic (exact) mass is 239 g/mol. The molecule has 0 fully saturated rings. The summed E-state index contributed by atoms with van der Waals surface area (Å²) >= 11 is 0. The lowest BCUT2D eigenvalue weighted by molar-refractivity contribution is -0.384. The van der Waals surface area contributed by atoms with Crippen molar-refractivity contribution < 1.29 is 15.1 Å². The Morgan fingerprint density at radius 1 is 1.35 bits per heavy atom. The third kappa shape index (κ3) is 3.80. The van der Waals surface area contributed by atoms with E-state index in [0.717, 1.165) is 12.0 Å². The summed E-state index contributed by atoms with van der Waals surface area (Å²) in [6, 6.07) is 6.33. The van der Waals surface area contributed by atoms with Gasteiger partial charge in [-0.05, 0) is 24.3 Å². The summed E-state index contributed by atoms with van der Waals surface area (Å²) in [5.74, 6) is 0.109. The van der Waals surface area contributed by atoms with Gasteiger partial charge in [0.05, 0.1) is 17.6 Å². The van der Waals surface area contributed by atoms with E-state index in [9.17, 15) is 15.2 Å². The Hall–Kier alpha value is -1.46. The van der Waals surface area contributed by atoms with E-state index in [1.807, 2.05) is 6.92 Å². The van der Waals surface area contributed by atoms with Gasteiger partial charge in [0.2, 0.25) is 0 Å². The molecule has 2 N–H and O–H groups in total. The quantitative estimate of drug-likeness (QED) is 0.586. The Morgan fingerprint density at radius 2 is 1.94 bits per heavy atom. The maximum atomic E-state index is 10.5. The maximum Gasteiger partial charge on any atom is 0.269 e. The van der Waals surface area contributed by atoms with Gasteiger partial charge in [0, 0.05) is 12.1 Å². The minimum absolute atomic E-state index is 0.0614.